The highest BCUT2D eigenvalue weighted by Gasteiger charge is 2.29. The third-order valence-electron chi connectivity index (χ3n) is 2.59. The van der Waals surface area contributed by atoms with Gasteiger partial charge in [-0.3, -0.25) is 0 Å². The lowest BCUT2D eigenvalue weighted by Crippen LogP contribution is -2.41. The molecule has 15 heavy (non-hydrogen) atoms. The van der Waals surface area contributed by atoms with Crippen molar-refractivity contribution in [1.29, 1.82) is 0 Å². The zero-order valence-corrected chi connectivity index (χ0v) is 9.95. The van der Waals surface area contributed by atoms with Gasteiger partial charge in [0.15, 0.2) is 0 Å². The largest absolute Gasteiger partial charge is 0.449 e. The highest BCUT2D eigenvalue weighted by atomic mass is 16.6. The van der Waals surface area contributed by atoms with Crippen molar-refractivity contribution in [3.8, 4) is 0 Å². The Morgan fingerprint density at radius 1 is 1.60 bits per heavy atom. The van der Waals surface area contributed by atoms with E-state index in [0.29, 0.717) is 18.6 Å². The predicted molar refractivity (Wildman–Crippen MR) is 59.8 cm³/mol. The molecule has 0 spiro atoms. The quantitative estimate of drug-likeness (QED) is 0.770. The molecular weight excluding hydrogens is 192 g/mol. The van der Waals surface area contributed by atoms with Crippen LogP contribution in [-0.4, -0.2) is 43.8 Å². The number of hydrogen-bond acceptors (Lipinski definition) is 3. The number of ether oxygens (including phenoxy) is 1. The number of carbonyl (C=O) groups excluding carboxylic acids is 1. The van der Waals surface area contributed by atoms with E-state index in [1.54, 1.807) is 0 Å². The van der Waals surface area contributed by atoms with E-state index in [-0.39, 0.29) is 6.09 Å². The number of carbonyl (C=O) groups is 1. The van der Waals surface area contributed by atoms with Gasteiger partial charge in [0.1, 0.15) is 0 Å². The molecule has 1 fully saturated rings. The van der Waals surface area contributed by atoms with Crippen molar-refractivity contribution in [3.05, 3.63) is 0 Å². The predicted octanol–water partition coefficient (Wildman–Crippen LogP) is 1.46. The van der Waals surface area contributed by atoms with E-state index in [0.717, 1.165) is 25.9 Å². The minimum atomic E-state index is -0.151. The summed E-state index contributed by atoms with van der Waals surface area (Å²) in [7, 11) is 1.91. The van der Waals surface area contributed by atoms with E-state index >= 15 is 0 Å². The Bertz CT molecular complexity index is 207. The van der Waals surface area contributed by atoms with Crippen molar-refractivity contribution in [1.82, 2.24) is 10.2 Å². The molecule has 88 valence electrons. The minimum absolute atomic E-state index is 0.151. The second kappa shape index (κ2) is 5.95. The summed E-state index contributed by atoms with van der Waals surface area (Å²) in [6.45, 7) is 6.30. The van der Waals surface area contributed by atoms with Crippen LogP contribution in [0.5, 0.6) is 0 Å². The van der Waals surface area contributed by atoms with Crippen molar-refractivity contribution in [3.63, 3.8) is 0 Å². The summed E-state index contributed by atoms with van der Waals surface area (Å²) < 4.78 is 5.22. The molecule has 0 radical (unpaired) electrons. The van der Waals surface area contributed by atoms with E-state index in [2.05, 4.69) is 5.32 Å². The summed E-state index contributed by atoms with van der Waals surface area (Å²) in [6.07, 6.45) is 2.02. The lowest BCUT2D eigenvalue weighted by molar-refractivity contribution is 0.0883. The Morgan fingerprint density at radius 3 is 2.93 bits per heavy atom. The zero-order valence-electron chi connectivity index (χ0n) is 9.95. The fourth-order valence-electron chi connectivity index (χ4n) is 1.84. The Labute approximate surface area is 92.0 Å². The van der Waals surface area contributed by atoms with Crippen LogP contribution in [-0.2, 0) is 4.74 Å². The number of likely N-dealkylation sites (tertiary alicyclic amines) is 1. The molecule has 1 aliphatic rings. The maximum Gasteiger partial charge on any atom is 0.410 e. The standard InChI is InChI=1S/C11H22N2O2/c1-9(2)8-15-11(14)13-6-4-5-10(13)7-12-3/h9-10,12H,4-8H2,1-3H3. The van der Waals surface area contributed by atoms with Crippen LogP contribution in [0.15, 0.2) is 0 Å². The number of rotatable bonds is 4. The van der Waals surface area contributed by atoms with Crippen molar-refractivity contribution >= 4 is 6.09 Å². The molecule has 1 N–H and O–H groups in total. The van der Waals surface area contributed by atoms with Gasteiger partial charge in [-0.1, -0.05) is 13.8 Å². The maximum atomic E-state index is 11.7. The number of hydrogen-bond donors (Lipinski definition) is 1. The first kappa shape index (κ1) is 12.3. The van der Waals surface area contributed by atoms with Gasteiger partial charge in [-0.25, -0.2) is 4.79 Å². The van der Waals surface area contributed by atoms with E-state index in [9.17, 15) is 4.79 Å². The molecule has 4 nitrogen and oxygen atoms in total. The smallest absolute Gasteiger partial charge is 0.410 e. The molecule has 1 aliphatic heterocycles. The molecular formula is C11H22N2O2. The number of nitrogens with zero attached hydrogens (tertiary/aromatic N) is 1. The van der Waals surface area contributed by atoms with Crippen molar-refractivity contribution < 1.29 is 9.53 Å². The molecule has 0 aromatic heterocycles. The molecule has 1 amide bonds. The van der Waals surface area contributed by atoms with Gasteiger partial charge in [0, 0.05) is 19.1 Å². The van der Waals surface area contributed by atoms with Crippen LogP contribution in [0, 0.1) is 5.92 Å². The Kier molecular flexibility index (Phi) is 4.88. The summed E-state index contributed by atoms with van der Waals surface area (Å²) >= 11 is 0. The van der Waals surface area contributed by atoms with Gasteiger partial charge in [0.25, 0.3) is 0 Å². The molecule has 1 saturated heterocycles. The SMILES string of the molecule is CNCC1CCCN1C(=O)OCC(C)C. The van der Waals surface area contributed by atoms with Gasteiger partial charge in [0.2, 0.25) is 0 Å². The summed E-state index contributed by atoms with van der Waals surface area (Å²) in [5, 5.41) is 3.11. The first-order valence-electron chi connectivity index (χ1n) is 5.73. The second-order valence-corrected chi connectivity index (χ2v) is 4.52. The summed E-state index contributed by atoms with van der Waals surface area (Å²) in [4.78, 5) is 13.6. The van der Waals surface area contributed by atoms with E-state index < -0.39 is 0 Å². The zero-order chi connectivity index (χ0) is 11.3. The van der Waals surface area contributed by atoms with Gasteiger partial charge < -0.3 is 15.0 Å². The monoisotopic (exact) mass is 214 g/mol. The Hall–Kier alpha value is -0.770. The van der Waals surface area contributed by atoms with Crippen molar-refractivity contribution in [2.24, 2.45) is 5.92 Å². The average molecular weight is 214 g/mol. The maximum absolute atomic E-state index is 11.7. The minimum Gasteiger partial charge on any atom is -0.449 e. The second-order valence-electron chi connectivity index (χ2n) is 4.52. The summed E-state index contributed by atoms with van der Waals surface area (Å²) in [5.74, 6) is 0.402. The molecule has 0 bridgehead atoms. The summed E-state index contributed by atoms with van der Waals surface area (Å²) in [5.41, 5.74) is 0. The van der Waals surface area contributed by atoms with Crippen molar-refractivity contribution in [2.45, 2.75) is 32.7 Å². The topological polar surface area (TPSA) is 41.6 Å². The first-order chi connectivity index (χ1) is 7.15. The van der Waals surface area contributed by atoms with E-state index in [1.165, 1.54) is 0 Å². The fraction of sp³-hybridized carbons (Fsp3) is 0.909. The highest BCUT2D eigenvalue weighted by molar-refractivity contribution is 5.68. The van der Waals surface area contributed by atoms with Crippen LogP contribution >= 0.6 is 0 Å². The summed E-state index contributed by atoms with van der Waals surface area (Å²) in [6, 6.07) is 0.315. The van der Waals surface area contributed by atoms with Crippen molar-refractivity contribution in [2.75, 3.05) is 26.7 Å². The molecule has 0 aliphatic carbocycles. The van der Waals surface area contributed by atoms with Gasteiger partial charge in [-0.15, -0.1) is 0 Å². The lowest BCUT2D eigenvalue weighted by atomic mass is 10.2. The highest BCUT2D eigenvalue weighted by Crippen LogP contribution is 2.17. The average Bonchev–Trinajstić information content (AvgIpc) is 2.63. The van der Waals surface area contributed by atoms with E-state index in [1.807, 2.05) is 25.8 Å². The molecule has 1 heterocycles. The fourth-order valence-corrected chi connectivity index (χ4v) is 1.84. The lowest BCUT2D eigenvalue weighted by Gasteiger charge is -2.24. The third kappa shape index (κ3) is 3.70. The Morgan fingerprint density at radius 2 is 2.33 bits per heavy atom. The molecule has 4 heteroatoms. The van der Waals surface area contributed by atoms with Crippen LogP contribution in [0.1, 0.15) is 26.7 Å². The molecule has 0 aromatic rings. The van der Waals surface area contributed by atoms with Gasteiger partial charge >= 0.3 is 6.09 Å². The number of amides is 1. The van der Waals surface area contributed by atoms with Crippen LogP contribution in [0.25, 0.3) is 0 Å². The van der Waals surface area contributed by atoms with Gasteiger partial charge in [-0.05, 0) is 25.8 Å². The number of nitrogens with one attached hydrogen (secondary N) is 1. The van der Waals surface area contributed by atoms with E-state index in [4.69, 9.17) is 4.74 Å². The molecule has 1 atom stereocenters. The normalized spacial score (nSPS) is 21.1. The van der Waals surface area contributed by atoms with Crippen LogP contribution in [0.4, 0.5) is 4.79 Å². The molecule has 1 unspecified atom stereocenters. The van der Waals surface area contributed by atoms with Gasteiger partial charge in [-0.2, -0.15) is 0 Å². The molecule has 1 rings (SSSR count). The van der Waals surface area contributed by atoms with Crippen LogP contribution < -0.4 is 5.32 Å². The first-order valence-corrected chi connectivity index (χ1v) is 5.73. The van der Waals surface area contributed by atoms with Crippen LogP contribution in [0.2, 0.25) is 0 Å². The Balaban J connectivity index is 2.36. The third-order valence-corrected chi connectivity index (χ3v) is 2.59. The molecule has 0 aromatic carbocycles. The molecule has 0 saturated carbocycles. The number of likely N-dealkylation sites (N-methyl/N-ethyl adjacent to an activating group) is 1. The van der Waals surface area contributed by atoms with Crippen LogP contribution in [0.3, 0.4) is 0 Å². The van der Waals surface area contributed by atoms with Gasteiger partial charge in [0.05, 0.1) is 6.61 Å².